The summed E-state index contributed by atoms with van der Waals surface area (Å²) in [6, 6.07) is 1.95. The molecule has 17 heteroatoms. The second kappa shape index (κ2) is 18.7. The average Bonchev–Trinajstić information content (AvgIpc) is 3.19. The van der Waals surface area contributed by atoms with Gasteiger partial charge in [0.25, 0.3) is 12.1 Å². The zero-order chi connectivity index (χ0) is 44.5. The Morgan fingerprint density at radius 2 is 1.78 bits per heavy atom. The molecule has 13 atom stereocenters. The van der Waals surface area contributed by atoms with E-state index in [9.17, 15) is 29.4 Å². The number of fused-ring (bicyclic) bond motifs is 1. The molecule has 3 N–H and O–H groups in total. The van der Waals surface area contributed by atoms with Crippen molar-refractivity contribution in [3.05, 3.63) is 30.1 Å². The first-order valence-electron chi connectivity index (χ1n) is 20.8. The second-order valence-electron chi connectivity index (χ2n) is 17.8. The van der Waals surface area contributed by atoms with Crippen LogP contribution in [0.1, 0.15) is 80.2 Å². The van der Waals surface area contributed by atoms with Gasteiger partial charge in [0, 0.05) is 68.3 Å². The van der Waals surface area contributed by atoms with E-state index in [1.54, 1.807) is 40.0 Å². The van der Waals surface area contributed by atoms with Crippen LogP contribution in [0.15, 0.2) is 24.5 Å². The van der Waals surface area contributed by atoms with Gasteiger partial charge in [-0.2, -0.15) is 0 Å². The Bertz CT molecular complexity index is 1860. The molecule has 3 aliphatic rings. The molecule has 0 aromatic carbocycles. The number of aromatic hydroxyl groups is 1. The number of hydrogen-bond donors (Lipinski definition) is 3. The number of carbonyl (C=O) groups is 4. The van der Waals surface area contributed by atoms with Crippen LogP contribution in [0.4, 0.5) is 4.39 Å². The van der Waals surface area contributed by atoms with E-state index in [2.05, 4.69) is 20.2 Å². The number of pyridine rings is 2. The number of hydrogen-bond acceptors (Lipinski definition) is 16. The largest absolute Gasteiger partial charge is 0.506 e. The van der Waals surface area contributed by atoms with Gasteiger partial charge in [-0.25, -0.2) is 9.18 Å². The molecule has 0 aliphatic carbocycles. The van der Waals surface area contributed by atoms with E-state index < -0.39 is 77.0 Å². The van der Waals surface area contributed by atoms with Crippen LogP contribution in [0.5, 0.6) is 5.75 Å². The number of Topliss-reactive ketones (excluding diaryl/α,β-unsaturated/α-hetero) is 2. The van der Waals surface area contributed by atoms with E-state index in [1.807, 2.05) is 32.0 Å². The number of alkyl halides is 1. The Morgan fingerprint density at radius 1 is 1.10 bits per heavy atom. The number of halogens is 1. The summed E-state index contributed by atoms with van der Waals surface area (Å²) in [5.74, 6) is -5.98. The number of rotatable bonds is 11. The predicted octanol–water partition coefficient (Wildman–Crippen LogP) is 3.13. The maximum Gasteiger partial charge on any atom is 0.351 e. The van der Waals surface area contributed by atoms with Crippen molar-refractivity contribution >= 4 is 35.0 Å². The monoisotopic (exact) mass is 845 g/mol. The van der Waals surface area contributed by atoms with Crippen LogP contribution in [0, 0.1) is 17.8 Å². The number of nitrogens with one attached hydrogen (secondary N) is 1. The molecule has 0 spiro atoms. The first-order valence-corrected chi connectivity index (χ1v) is 20.8. The molecule has 60 heavy (non-hydrogen) atoms. The molecule has 5 rings (SSSR count). The van der Waals surface area contributed by atoms with Crippen LogP contribution in [-0.2, 0) is 49.4 Å². The highest BCUT2D eigenvalue weighted by Gasteiger charge is 2.57. The zero-order valence-electron chi connectivity index (χ0n) is 36.7. The Morgan fingerprint density at radius 3 is 2.40 bits per heavy atom. The molecule has 3 aliphatic heterocycles. The van der Waals surface area contributed by atoms with Gasteiger partial charge in [0.15, 0.2) is 17.7 Å². The number of aliphatic hydroxyl groups excluding tert-OH is 1. The summed E-state index contributed by atoms with van der Waals surface area (Å²) in [4.78, 5) is 67.9. The number of aliphatic hydroxyl groups is 1. The summed E-state index contributed by atoms with van der Waals surface area (Å²) in [6.45, 7) is 13.8. The quantitative estimate of drug-likeness (QED) is 0.169. The summed E-state index contributed by atoms with van der Waals surface area (Å²) < 4.78 is 47.3. The van der Waals surface area contributed by atoms with E-state index in [0.717, 1.165) is 6.92 Å². The van der Waals surface area contributed by atoms with E-state index in [1.165, 1.54) is 27.2 Å². The van der Waals surface area contributed by atoms with E-state index in [4.69, 9.17) is 23.7 Å². The molecule has 0 saturated carbocycles. The fourth-order valence-corrected chi connectivity index (χ4v) is 9.50. The molecular formula is C43H64FN5O11. The summed E-state index contributed by atoms with van der Waals surface area (Å²) >= 11 is 0. The number of ketones is 2. The van der Waals surface area contributed by atoms with Crippen LogP contribution in [0.2, 0.25) is 0 Å². The lowest BCUT2D eigenvalue weighted by Gasteiger charge is -2.49. The van der Waals surface area contributed by atoms with Crippen molar-refractivity contribution in [2.75, 3.05) is 34.3 Å². The third-order valence-corrected chi connectivity index (χ3v) is 13.1. The summed E-state index contributed by atoms with van der Waals surface area (Å²) in [5.41, 5.74) is -4.61. The van der Waals surface area contributed by atoms with Gasteiger partial charge < -0.3 is 44.1 Å². The molecule has 2 aromatic heterocycles. The van der Waals surface area contributed by atoms with Crippen molar-refractivity contribution < 1.29 is 57.5 Å². The number of carbonyl (C=O) groups excluding carboxylic acids is 4. The third kappa shape index (κ3) is 9.37. The summed E-state index contributed by atoms with van der Waals surface area (Å²) in [6.07, 6.45) is -1.92. The fraction of sp³-hybridized carbons (Fsp3) is 0.721. The van der Waals surface area contributed by atoms with Gasteiger partial charge in [-0.05, 0) is 73.2 Å². The van der Waals surface area contributed by atoms with Gasteiger partial charge in [-0.1, -0.05) is 27.7 Å². The number of aromatic nitrogens is 2. The van der Waals surface area contributed by atoms with Crippen LogP contribution < -0.4 is 5.32 Å². The number of likely N-dealkylation sites (N-methyl/N-ethyl adjacent to an activating group) is 1. The Hall–Kier alpha value is -3.71. The second-order valence-corrected chi connectivity index (χ2v) is 17.8. The number of methoxy groups -OCH3 is 1. The predicted molar refractivity (Wildman–Crippen MR) is 217 cm³/mol. The zero-order valence-corrected chi connectivity index (χ0v) is 36.7. The minimum Gasteiger partial charge on any atom is -0.506 e. The number of likely N-dealkylation sites (tertiary alicyclic amines) is 1. The van der Waals surface area contributed by atoms with Crippen molar-refractivity contribution in [3.63, 3.8) is 0 Å². The van der Waals surface area contributed by atoms with Crippen molar-refractivity contribution in [2.45, 2.75) is 147 Å². The maximum atomic E-state index is 17.0. The highest BCUT2D eigenvalue weighted by atomic mass is 19.1. The van der Waals surface area contributed by atoms with Crippen LogP contribution in [0.25, 0.3) is 11.0 Å². The van der Waals surface area contributed by atoms with Gasteiger partial charge in [-0.15, -0.1) is 0 Å². The number of cyclic esters (lactones) is 1. The summed E-state index contributed by atoms with van der Waals surface area (Å²) in [7, 11) is 5.02. The summed E-state index contributed by atoms with van der Waals surface area (Å²) in [5, 5.41) is 25.7. The van der Waals surface area contributed by atoms with Gasteiger partial charge in [0.2, 0.25) is 0 Å². The van der Waals surface area contributed by atoms with Gasteiger partial charge in [0.1, 0.15) is 23.7 Å². The molecule has 2 aromatic rings. The van der Waals surface area contributed by atoms with Crippen LogP contribution >= 0.6 is 0 Å². The molecule has 0 unspecified atom stereocenters. The molecule has 0 amide bonds. The van der Waals surface area contributed by atoms with E-state index >= 15 is 4.39 Å². The van der Waals surface area contributed by atoms with E-state index in [0.29, 0.717) is 42.7 Å². The van der Waals surface area contributed by atoms with E-state index in [-0.39, 0.29) is 49.0 Å². The lowest BCUT2D eigenvalue weighted by Crippen LogP contribution is -2.69. The molecule has 5 heterocycles. The Labute approximate surface area is 351 Å². The highest BCUT2D eigenvalue weighted by Crippen LogP contribution is 2.40. The van der Waals surface area contributed by atoms with Gasteiger partial charge in [0.05, 0.1) is 41.1 Å². The molecule has 16 nitrogen and oxygen atoms in total. The first-order chi connectivity index (χ1) is 28.1. The fourth-order valence-electron chi connectivity index (χ4n) is 9.50. The minimum absolute atomic E-state index is 0.00890. The van der Waals surface area contributed by atoms with Crippen molar-refractivity contribution in [1.82, 2.24) is 25.1 Å². The third-order valence-electron chi connectivity index (χ3n) is 13.1. The number of nitrogens with zero attached hydrogens (tertiary/aromatic N) is 4. The van der Waals surface area contributed by atoms with Crippen LogP contribution in [-0.4, -0.2) is 154 Å². The molecular weight excluding hydrogens is 781 g/mol. The van der Waals surface area contributed by atoms with Gasteiger partial charge in [-0.3, -0.25) is 29.3 Å². The standard InChI is InChI=1S/C43H64FN5O11/c1-12-32-43(8,57-22-50)36(47-27-19-49(20-27)21-28-31(51)18-46-29-14-13-15-45-33(28)29)25(4)34(52)23(2)17-41(6,56-11)38(26(5)37(54)42(7,44)40(55)59-32)60-39-35(53)30(48(9)10)16-24(3)58-39/h13-15,18,22-27,30,32,35-36,38-39,47,51,53H,12,16-17,19-21H2,1-11H3/t23-,24-,25+,26+,30+,32-,35-,36+,38-,39+,41-,42+,43-/m1/s1. The van der Waals surface area contributed by atoms with Crippen LogP contribution in [0.3, 0.4) is 0 Å². The highest BCUT2D eigenvalue weighted by molar-refractivity contribution is 6.07. The smallest absolute Gasteiger partial charge is 0.351 e. The van der Waals surface area contributed by atoms with Crippen molar-refractivity contribution in [2.24, 2.45) is 17.8 Å². The lowest BCUT2D eigenvalue weighted by atomic mass is 9.72. The Kier molecular flexibility index (Phi) is 14.8. The molecule has 334 valence electrons. The molecule has 3 fully saturated rings. The lowest BCUT2D eigenvalue weighted by molar-refractivity contribution is -0.295. The van der Waals surface area contributed by atoms with Crippen molar-refractivity contribution in [1.29, 1.82) is 0 Å². The topological polar surface area (TPSA) is 199 Å². The maximum absolute atomic E-state index is 17.0. The molecule has 3 saturated heterocycles. The average molecular weight is 846 g/mol. The minimum atomic E-state index is -3.22. The number of esters is 1. The molecule has 0 bridgehead atoms. The van der Waals surface area contributed by atoms with Gasteiger partial charge >= 0.3 is 5.97 Å². The Balaban J connectivity index is 1.50. The van der Waals surface area contributed by atoms with Crippen molar-refractivity contribution in [3.8, 4) is 5.75 Å². The molecule has 0 radical (unpaired) electrons. The SMILES string of the molecule is CC[C@H]1OC(=O)[C@@](C)(F)C(=O)[C@H](C)[C@@H](O[C@@H]2O[C@H](C)C[C@H](N(C)C)[C@H]2O)[C@](C)(OC)C[C@@H](C)C(=O)[C@H](C)[C@H](NC2CN(Cc3c(O)cnc4cccnc34)C2)[C@]1(C)OC=O. The number of ether oxygens (including phenoxy) is 5. The normalized spacial score (nSPS) is 38.0. The first kappa shape index (κ1) is 47.3.